The molecule has 5 nitrogen and oxygen atoms in total. The van der Waals surface area contributed by atoms with Crippen LogP contribution in [-0.2, 0) is 0 Å². The number of ether oxygens (including phenoxy) is 1. The highest BCUT2D eigenvalue weighted by molar-refractivity contribution is 9.10. The molecule has 1 aromatic heterocycles. The first-order valence-corrected chi connectivity index (χ1v) is 8.70. The normalized spacial score (nSPS) is 10.9. The number of hydrogen-bond donors (Lipinski definition) is 1. The first-order valence-electron chi connectivity index (χ1n) is 7.91. The first kappa shape index (κ1) is 17.9. The minimum Gasteiger partial charge on any atom is -0.496 e. The van der Waals surface area contributed by atoms with Gasteiger partial charge in [0.25, 0.3) is 5.91 Å². The second kappa shape index (κ2) is 8.01. The summed E-state index contributed by atoms with van der Waals surface area (Å²) in [5, 5.41) is 3.95. The number of methoxy groups -OCH3 is 1. The zero-order valence-electron chi connectivity index (χ0n) is 14.3. The molecule has 3 aromatic rings. The Morgan fingerprint density at radius 2 is 2.00 bits per heavy atom. The third kappa shape index (κ3) is 4.03. The number of para-hydroxylation sites is 1. The van der Waals surface area contributed by atoms with Crippen molar-refractivity contribution in [2.45, 2.75) is 6.92 Å². The van der Waals surface area contributed by atoms with Crippen LogP contribution in [0, 0.1) is 6.92 Å². The molecular formula is C20H17BrN2O3. The molecule has 2 aromatic carbocycles. The van der Waals surface area contributed by atoms with Gasteiger partial charge in [0, 0.05) is 10.0 Å². The van der Waals surface area contributed by atoms with Gasteiger partial charge in [0.1, 0.15) is 17.3 Å². The lowest BCUT2D eigenvalue weighted by Crippen LogP contribution is -2.18. The van der Waals surface area contributed by atoms with E-state index in [1.807, 2.05) is 31.2 Å². The average molecular weight is 413 g/mol. The molecule has 0 radical (unpaired) electrons. The lowest BCUT2D eigenvalue weighted by molar-refractivity contribution is 0.0952. The largest absolute Gasteiger partial charge is 0.496 e. The molecule has 26 heavy (non-hydrogen) atoms. The third-order valence-corrected chi connectivity index (χ3v) is 4.38. The predicted molar refractivity (Wildman–Crippen MR) is 105 cm³/mol. The maximum atomic E-state index is 12.2. The van der Waals surface area contributed by atoms with Crippen molar-refractivity contribution < 1.29 is 13.9 Å². The Hall–Kier alpha value is -2.86. The zero-order chi connectivity index (χ0) is 18.5. The Labute approximate surface area is 159 Å². The monoisotopic (exact) mass is 412 g/mol. The molecule has 0 aliphatic rings. The van der Waals surface area contributed by atoms with Crippen LogP contribution in [0.5, 0.6) is 5.75 Å². The van der Waals surface area contributed by atoms with Gasteiger partial charge in [-0.15, -0.1) is 0 Å². The number of rotatable bonds is 5. The minimum atomic E-state index is -0.355. The van der Waals surface area contributed by atoms with Gasteiger partial charge in [0.2, 0.25) is 0 Å². The third-order valence-electron chi connectivity index (χ3n) is 3.73. The molecule has 3 rings (SSSR count). The smallest absolute Gasteiger partial charge is 0.275 e. The maximum Gasteiger partial charge on any atom is 0.275 e. The van der Waals surface area contributed by atoms with E-state index in [1.165, 1.54) is 13.3 Å². The SMILES string of the molecule is COc1ccccc1C(=O)N/N=C\c1ccc(-c2ccc(C)cc2Br)o1. The number of aryl methyl sites for hydroxylation is 1. The lowest BCUT2D eigenvalue weighted by Gasteiger charge is -2.05. The summed E-state index contributed by atoms with van der Waals surface area (Å²) >= 11 is 3.54. The second-order valence-electron chi connectivity index (χ2n) is 5.58. The Morgan fingerprint density at radius 1 is 1.19 bits per heavy atom. The van der Waals surface area contributed by atoms with E-state index in [1.54, 1.807) is 30.3 Å². The Kier molecular flexibility index (Phi) is 5.53. The molecule has 0 aliphatic heterocycles. The fraction of sp³-hybridized carbons (Fsp3) is 0.100. The first-order chi connectivity index (χ1) is 12.6. The van der Waals surface area contributed by atoms with Crippen LogP contribution in [0.1, 0.15) is 21.7 Å². The van der Waals surface area contributed by atoms with Crippen molar-refractivity contribution >= 4 is 28.1 Å². The van der Waals surface area contributed by atoms with Crippen molar-refractivity contribution in [1.29, 1.82) is 0 Å². The quantitative estimate of drug-likeness (QED) is 0.483. The van der Waals surface area contributed by atoms with Crippen LogP contribution in [0.2, 0.25) is 0 Å². The minimum absolute atomic E-state index is 0.355. The molecule has 0 spiro atoms. The van der Waals surface area contributed by atoms with Gasteiger partial charge >= 0.3 is 0 Å². The zero-order valence-corrected chi connectivity index (χ0v) is 15.9. The number of carbonyl (C=O) groups is 1. The number of nitrogens with zero attached hydrogens (tertiary/aromatic N) is 1. The van der Waals surface area contributed by atoms with Crippen LogP contribution in [-0.4, -0.2) is 19.2 Å². The highest BCUT2D eigenvalue weighted by atomic mass is 79.9. The maximum absolute atomic E-state index is 12.2. The summed E-state index contributed by atoms with van der Waals surface area (Å²) in [5.74, 6) is 1.39. The highest BCUT2D eigenvalue weighted by Crippen LogP contribution is 2.30. The average Bonchev–Trinajstić information content (AvgIpc) is 3.10. The van der Waals surface area contributed by atoms with Gasteiger partial charge in [0.05, 0.1) is 18.9 Å². The number of hydrogen-bond acceptors (Lipinski definition) is 4. The van der Waals surface area contributed by atoms with Crippen molar-refractivity contribution in [1.82, 2.24) is 5.43 Å². The van der Waals surface area contributed by atoms with E-state index >= 15 is 0 Å². The van der Waals surface area contributed by atoms with Crippen molar-refractivity contribution in [2.75, 3.05) is 7.11 Å². The van der Waals surface area contributed by atoms with Gasteiger partial charge in [-0.2, -0.15) is 5.10 Å². The van der Waals surface area contributed by atoms with Crippen LogP contribution in [0.25, 0.3) is 11.3 Å². The number of amides is 1. The van der Waals surface area contributed by atoms with E-state index in [0.717, 1.165) is 21.4 Å². The number of nitrogens with one attached hydrogen (secondary N) is 1. The van der Waals surface area contributed by atoms with Crippen molar-refractivity contribution in [3.63, 3.8) is 0 Å². The molecule has 0 bridgehead atoms. The summed E-state index contributed by atoms with van der Waals surface area (Å²) < 4.78 is 11.9. The van der Waals surface area contributed by atoms with E-state index in [-0.39, 0.29) is 5.91 Å². The van der Waals surface area contributed by atoms with Gasteiger partial charge < -0.3 is 9.15 Å². The van der Waals surface area contributed by atoms with Crippen LogP contribution in [0.15, 0.2) is 68.6 Å². The number of carbonyl (C=O) groups excluding carboxylic acids is 1. The summed E-state index contributed by atoms with van der Waals surface area (Å²) in [7, 11) is 1.52. The van der Waals surface area contributed by atoms with Gasteiger partial charge in [0.15, 0.2) is 0 Å². The summed E-state index contributed by atoms with van der Waals surface area (Å²) in [6.45, 7) is 2.03. The summed E-state index contributed by atoms with van der Waals surface area (Å²) in [6, 6.07) is 16.6. The number of benzene rings is 2. The van der Waals surface area contributed by atoms with Crippen molar-refractivity contribution in [3.8, 4) is 17.1 Å². The van der Waals surface area contributed by atoms with Crippen molar-refractivity contribution in [2.24, 2.45) is 5.10 Å². The molecule has 0 fully saturated rings. The van der Waals surface area contributed by atoms with Crippen LogP contribution >= 0.6 is 15.9 Å². The molecule has 6 heteroatoms. The summed E-state index contributed by atoms with van der Waals surface area (Å²) in [6.07, 6.45) is 1.46. The molecule has 0 atom stereocenters. The lowest BCUT2D eigenvalue weighted by atomic mass is 10.1. The van der Waals surface area contributed by atoms with Crippen LogP contribution < -0.4 is 10.2 Å². The van der Waals surface area contributed by atoms with Crippen molar-refractivity contribution in [3.05, 3.63) is 76.0 Å². The molecule has 0 unspecified atom stereocenters. The number of hydrazone groups is 1. The summed E-state index contributed by atoms with van der Waals surface area (Å²) in [4.78, 5) is 12.2. The Bertz CT molecular complexity index is 963. The van der Waals surface area contributed by atoms with E-state index < -0.39 is 0 Å². The molecule has 0 aliphatic carbocycles. The van der Waals surface area contributed by atoms with Gasteiger partial charge in [-0.25, -0.2) is 5.43 Å². The number of halogens is 1. The fourth-order valence-corrected chi connectivity index (χ4v) is 3.12. The van der Waals surface area contributed by atoms with Gasteiger partial charge in [-0.1, -0.05) is 34.1 Å². The number of furan rings is 1. The second-order valence-corrected chi connectivity index (χ2v) is 6.44. The van der Waals surface area contributed by atoms with Gasteiger partial charge in [-0.05, 0) is 48.9 Å². The van der Waals surface area contributed by atoms with E-state index in [9.17, 15) is 4.79 Å². The molecule has 1 amide bonds. The molecule has 1 heterocycles. The fourth-order valence-electron chi connectivity index (χ4n) is 2.43. The Morgan fingerprint density at radius 3 is 2.77 bits per heavy atom. The van der Waals surface area contributed by atoms with Gasteiger partial charge in [-0.3, -0.25) is 4.79 Å². The Balaban J connectivity index is 1.70. The molecule has 0 saturated carbocycles. The highest BCUT2D eigenvalue weighted by Gasteiger charge is 2.11. The van der Waals surface area contributed by atoms with E-state index in [0.29, 0.717) is 17.1 Å². The standard InChI is InChI=1S/C20H17BrN2O3/c1-13-7-9-15(17(21)11-13)19-10-8-14(26-19)12-22-23-20(24)16-5-3-4-6-18(16)25-2/h3-12H,1-2H3,(H,23,24)/b22-12-. The van der Waals surface area contributed by atoms with E-state index in [4.69, 9.17) is 9.15 Å². The molecule has 1 N–H and O–H groups in total. The van der Waals surface area contributed by atoms with Crippen LogP contribution in [0.3, 0.4) is 0 Å². The molecule has 132 valence electrons. The van der Waals surface area contributed by atoms with E-state index in [2.05, 4.69) is 26.5 Å². The molecular weight excluding hydrogens is 396 g/mol. The topological polar surface area (TPSA) is 63.8 Å². The van der Waals surface area contributed by atoms with Crippen LogP contribution in [0.4, 0.5) is 0 Å². The summed E-state index contributed by atoms with van der Waals surface area (Å²) in [5.41, 5.74) is 5.00. The molecule has 0 saturated heterocycles. The predicted octanol–water partition coefficient (Wildman–Crippen LogP) is 4.79.